The molecule has 2 heteroatoms. The van der Waals surface area contributed by atoms with Gasteiger partial charge in [0, 0.05) is 13.1 Å². The summed E-state index contributed by atoms with van der Waals surface area (Å²) in [6.45, 7) is 6.62. The van der Waals surface area contributed by atoms with E-state index in [1.165, 1.54) is 10.6 Å². The molecule has 2 aromatic rings. The van der Waals surface area contributed by atoms with Crippen LogP contribution < -0.4 is 10.6 Å². The lowest BCUT2D eigenvalue weighted by Gasteiger charge is -2.22. The quantitative estimate of drug-likeness (QED) is 0.740. The molecule has 2 aromatic carbocycles. The van der Waals surface area contributed by atoms with Gasteiger partial charge in [0.15, 0.2) is 0 Å². The lowest BCUT2D eigenvalue weighted by atomic mass is 10.4. The van der Waals surface area contributed by atoms with Gasteiger partial charge in [-0.2, -0.15) is 0 Å². The van der Waals surface area contributed by atoms with Crippen LogP contribution in [-0.4, -0.2) is 12.7 Å². The van der Waals surface area contributed by atoms with Crippen molar-refractivity contribution in [2.75, 3.05) is 6.66 Å². The molecule has 0 aliphatic heterocycles. The highest BCUT2D eigenvalue weighted by atomic mass is 31.2. The monoisotopic (exact) mass is 257 g/mol. The molecule has 0 saturated carbocycles. The third-order valence-corrected chi connectivity index (χ3v) is 6.51. The number of benzene rings is 2. The summed E-state index contributed by atoms with van der Waals surface area (Å²) in [5.41, 5.74) is 0. The Balaban J connectivity index is 2.63. The van der Waals surface area contributed by atoms with E-state index in [4.69, 9.17) is 4.74 Å². The molecule has 0 aliphatic carbocycles. The highest BCUT2D eigenvalue weighted by molar-refractivity contribution is 7.80. The Kier molecular flexibility index (Phi) is 4.04. The predicted molar refractivity (Wildman–Crippen MR) is 82.6 cm³/mol. The van der Waals surface area contributed by atoms with Gasteiger partial charge in [-0.3, -0.25) is 4.74 Å². The van der Waals surface area contributed by atoms with Crippen LogP contribution >= 0.6 is 7.05 Å². The van der Waals surface area contributed by atoms with Gasteiger partial charge in [-0.15, -0.1) is 0 Å². The van der Waals surface area contributed by atoms with Crippen molar-refractivity contribution in [1.82, 2.24) is 0 Å². The molecule has 0 aliphatic rings. The van der Waals surface area contributed by atoms with Crippen LogP contribution in [0.3, 0.4) is 0 Å². The van der Waals surface area contributed by atoms with Crippen molar-refractivity contribution in [3.63, 3.8) is 0 Å². The molecule has 18 heavy (non-hydrogen) atoms. The van der Waals surface area contributed by atoms with E-state index in [0.717, 1.165) is 0 Å². The lowest BCUT2D eigenvalue weighted by molar-refractivity contribution is 0.848. The lowest BCUT2D eigenvalue weighted by Crippen LogP contribution is -2.16. The van der Waals surface area contributed by atoms with E-state index in [2.05, 4.69) is 81.2 Å². The van der Waals surface area contributed by atoms with Crippen molar-refractivity contribution in [3.8, 4) is 0 Å². The van der Waals surface area contributed by atoms with Crippen molar-refractivity contribution in [2.45, 2.75) is 19.9 Å². The van der Waals surface area contributed by atoms with Gasteiger partial charge in [-0.05, 0) is 31.1 Å². The number of rotatable bonds is 3. The maximum atomic E-state index is 5.06. The zero-order valence-corrected chi connectivity index (χ0v) is 12.1. The molecule has 0 unspecified atom stereocenters. The molecule has 1 nitrogen and oxygen atoms in total. The van der Waals surface area contributed by atoms with Crippen molar-refractivity contribution in [2.24, 2.45) is 4.74 Å². The summed E-state index contributed by atoms with van der Waals surface area (Å²) in [6, 6.07) is 21.7. The Hall–Kier alpha value is -1.33. The second-order valence-electron chi connectivity index (χ2n) is 4.84. The van der Waals surface area contributed by atoms with Crippen LogP contribution in [0.2, 0.25) is 0 Å². The average molecular weight is 257 g/mol. The van der Waals surface area contributed by atoms with Gasteiger partial charge in [-0.1, -0.05) is 60.7 Å². The second-order valence-corrected chi connectivity index (χ2v) is 8.02. The van der Waals surface area contributed by atoms with Crippen molar-refractivity contribution in [1.29, 1.82) is 0 Å². The number of hydrogen-bond acceptors (Lipinski definition) is 1. The van der Waals surface area contributed by atoms with Gasteiger partial charge in [0.2, 0.25) is 0 Å². The molecule has 0 aromatic heterocycles. The fourth-order valence-corrected chi connectivity index (χ4v) is 5.17. The van der Waals surface area contributed by atoms with E-state index in [-0.39, 0.29) is 0 Å². The minimum absolute atomic E-state index is 0.351. The SMILES string of the molecule is CC(C)N=P(C)(c1ccccc1)c1ccccc1. The first-order chi connectivity index (χ1) is 8.63. The fraction of sp³-hybridized carbons (Fsp3) is 0.250. The second kappa shape index (κ2) is 5.54. The van der Waals surface area contributed by atoms with E-state index < -0.39 is 7.05 Å². The summed E-state index contributed by atoms with van der Waals surface area (Å²) < 4.78 is 5.06. The maximum absolute atomic E-state index is 5.06. The van der Waals surface area contributed by atoms with Crippen molar-refractivity contribution >= 4 is 17.7 Å². The van der Waals surface area contributed by atoms with Gasteiger partial charge in [0.05, 0.1) is 0 Å². The molecule has 0 amide bonds. The van der Waals surface area contributed by atoms with Crippen molar-refractivity contribution in [3.05, 3.63) is 60.7 Å². The van der Waals surface area contributed by atoms with Crippen LogP contribution in [-0.2, 0) is 0 Å². The average Bonchev–Trinajstić information content (AvgIpc) is 2.40. The molecule has 0 spiro atoms. The first-order valence-corrected chi connectivity index (χ1v) is 8.52. The van der Waals surface area contributed by atoms with Crippen LogP contribution in [0.1, 0.15) is 13.8 Å². The molecular weight excluding hydrogens is 237 g/mol. The Morgan fingerprint density at radius 2 is 1.17 bits per heavy atom. The smallest absolute Gasteiger partial charge is 0.0435 e. The molecule has 0 N–H and O–H groups in total. The van der Waals surface area contributed by atoms with E-state index in [1.807, 2.05) is 0 Å². The number of hydrogen-bond donors (Lipinski definition) is 0. The highest BCUT2D eigenvalue weighted by Crippen LogP contribution is 2.43. The van der Waals surface area contributed by atoms with Crippen LogP contribution in [0.15, 0.2) is 65.4 Å². The third kappa shape index (κ3) is 2.73. The Bertz CT molecular complexity index is 500. The van der Waals surface area contributed by atoms with Gasteiger partial charge in [-0.25, -0.2) is 0 Å². The fourth-order valence-electron chi connectivity index (χ4n) is 2.18. The van der Waals surface area contributed by atoms with Crippen LogP contribution in [0.4, 0.5) is 0 Å². The summed E-state index contributed by atoms with van der Waals surface area (Å²) >= 11 is 0. The van der Waals surface area contributed by atoms with Gasteiger partial charge < -0.3 is 0 Å². The van der Waals surface area contributed by atoms with Crippen molar-refractivity contribution < 1.29 is 0 Å². The van der Waals surface area contributed by atoms with E-state index in [9.17, 15) is 0 Å². The van der Waals surface area contributed by atoms with E-state index >= 15 is 0 Å². The highest BCUT2D eigenvalue weighted by Gasteiger charge is 2.18. The van der Waals surface area contributed by atoms with Crippen LogP contribution in [0.25, 0.3) is 0 Å². The zero-order valence-electron chi connectivity index (χ0n) is 11.2. The third-order valence-electron chi connectivity index (χ3n) is 2.98. The Morgan fingerprint density at radius 1 is 0.778 bits per heavy atom. The molecule has 0 radical (unpaired) electrons. The Morgan fingerprint density at radius 3 is 1.50 bits per heavy atom. The van der Waals surface area contributed by atoms with Gasteiger partial charge >= 0.3 is 0 Å². The largest absolute Gasteiger partial charge is 0.292 e. The summed E-state index contributed by atoms with van der Waals surface area (Å²) in [5, 5.41) is 2.70. The molecule has 0 fully saturated rings. The first-order valence-electron chi connectivity index (χ1n) is 6.33. The standard InChI is InChI=1S/C16H20NP/c1-14(2)17-18(3,15-10-6-4-7-11-15)16-12-8-5-9-13-16/h4-14H,1-3H3. The molecule has 2 rings (SSSR count). The minimum Gasteiger partial charge on any atom is -0.292 e. The summed E-state index contributed by atoms with van der Waals surface area (Å²) in [5.74, 6) is 0. The molecule has 0 heterocycles. The first kappa shape index (κ1) is 13.1. The minimum atomic E-state index is -1.61. The summed E-state index contributed by atoms with van der Waals surface area (Å²) in [4.78, 5) is 0. The summed E-state index contributed by atoms with van der Waals surface area (Å²) in [6.07, 6.45) is 0. The van der Waals surface area contributed by atoms with Crippen LogP contribution in [0.5, 0.6) is 0 Å². The number of nitrogens with zero attached hydrogens (tertiary/aromatic N) is 1. The Labute approximate surface area is 110 Å². The predicted octanol–water partition coefficient (Wildman–Crippen LogP) is 3.88. The zero-order chi connectivity index (χ0) is 13.0. The normalized spacial score (nSPS) is 11.6. The molecule has 0 saturated heterocycles. The van der Waals surface area contributed by atoms with Crippen LogP contribution in [0, 0.1) is 0 Å². The van der Waals surface area contributed by atoms with E-state index in [1.54, 1.807) is 0 Å². The topological polar surface area (TPSA) is 12.4 Å². The molecule has 0 bridgehead atoms. The van der Waals surface area contributed by atoms with Gasteiger partial charge in [0.1, 0.15) is 0 Å². The summed E-state index contributed by atoms with van der Waals surface area (Å²) in [7, 11) is -1.61. The molecule has 0 atom stereocenters. The van der Waals surface area contributed by atoms with Gasteiger partial charge in [0.25, 0.3) is 0 Å². The molecule has 94 valence electrons. The maximum Gasteiger partial charge on any atom is 0.0435 e. The molecular formula is C16H20NP. The van der Waals surface area contributed by atoms with E-state index in [0.29, 0.717) is 6.04 Å².